The lowest BCUT2D eigenvalue weighted by atomic mass is 9.62. The summed E-state index contributed by atoms with van der Waals surface area (Å²) < 4.78 is 6.51. The van der Waals surface area contributed by atoms with Gasteiger partial charge in [-0.15, -0.1) is 6.58 Å². The molecule has 3 aliphatic heterocycles. The first-order valence-corrected chi connectivity index (χ1v) is 11.5. The molecular formula is C24H38N2O6. The average molecular weight is 451 g/mol. The van der Waals surface area contributed by atoms with Gasteiger partial charge in [0.15, 0.2) is 0 Å². The Morgan fingerprint density at radius 3 is 2.41 bits per heavy atom. The SMILES string of the molecule is C=CCN(C(=O)C1N([C@@H](CO)C(C)C)C(=O)[C@@H]2[C@H](C(=O)O)[C@@]3(C)OC12CC3C)C(C)(C)C. The van der Waals surface area contributed by atoms with E-state index < -0.39 is 52.5 Å². The number of carboxylic acid groups (broad SMARTS) is 1. The van der Waals surface area contributed by atoms with Gasteiger partial charge >= 0.3 is 5.97 Å². The molecule has 0 aliphatic carbocycles. The lowest BCUT2D eigenvalue weighted by Gasteiger charge is -2.44. The van der Waals surface area contributed by atoms with Crippen LogP contribution >= 0.6 is 0 Å². The standard InChI is InChI=1S/C24H38N2O6/c1-9-10-25(22(5,6)7)20(29)18-24-11-14(4)23(8,32-24)17(21(30)31)16(24)19(28)26(18)15(12-27)13(2)3/h9,13-18,27H,1,10-12H2,2-8H3,(H,30,31)/t14?,15-,16-,17+,18?,23-,24?/m0/s1. The normalized spacial score (nSPS) is 37.0. The van der Waals surface area contributed by atoms with E-state index in [-0.39, 0.29) is 30.9 Å². The van der Waals surface area contributed by atoms with Gasteiger partial charge in [-0.05, 0) is 46.0 Å². The van der Waals surface area contributed by atoms with Crippen molar-refractivity contribution < 1.29 is 29.3 Å². The van der Waals surface area contributed by atoms with Crippen molar-refractivity contribution >= 4 is 17.8 Å². The zero-order chi connectivity index (χ0) is 24.4. The summed E-state index contributed by atoms with van der Waals surface area (Å²) in [6.07, 6.45) is 2.06. The minimum atomic E-state index is -1.24. The van der Waals surface area contributed by atoms with Crippen molar-refractivity contribution in [2.24, 2.45) is 23.7 Å². The topological polar surface area (TPSA) is 107 Å². The Hall–Kier alpha value is -1.93. The van der Waals surface area contributed by atoms with Gasteiger partial charge in [0.25, 0.3) is 0 Å². The number of rotatable bonds is 7. The Bertz CT molecular complexity index is 820. The van der Waals surface area contributed by atoms with Crippen LogP contribution in [0.5, 0.6) is 0 Å². The van der Waals surface area contributed by atoms with E-state index in [1.54, 1.807) is 17.9 Å². The van der Waals surface area contributed by atoms with Crippen LogP contribution in [0, 0.1) is 23.7 Å². The molecule has 3 unspecified atom stereocenters. The van der Waals surface area contributed by atoms with Crippen molar-refractivity contribution in [2.45, 2.75) is 83.7 Å². The molecular weight excluding hydrogens is 412 g/mol. The summed E-state index contributed by atoms with van der Waals surface area (Å²) in [7, 11) is 0. The van der Waals surface area contributed by atoms with Gasteiger partial charge in [-0.25, -0.2) is 0 Å². The van der Waals surface area contributed by atoms with Crippen LogP contribution in [0.1, 0.15) is 54.9 Å². The van der Waals surface area contributed by atoms with Crippen molar-refractivity contribution in [1.82, 2.24) is 9.80 Å². The van der Waals surface area contributed by atoms with E-state index in [2.05, 4.69) is 6.58 Å². The molecule has 3 saturated heterocycles. The van der Waals surface area contributed by atoms with Crippen LogP contribution in [0.3, 0.4) is 0 Å². The van der Waals surface area contributed by atoms with Crippen LogP contribution in [0.2, 0.25) is 0 Å². The van der Waals surface area contributed by atoms with Crippen molar-refractivity contribution in [3.63, 3.8) is 0 Å². The number of hydrogen-bond donors (Lipinski definition) is 2. The number of carboxylic acids is 1. The number of carbonyl (C=O) groups excluding carboxylic acids is 2. The highest BCUT2D eigenvalue weighted by Gasteiger charge is 2.80. The maximum absolute atomic E-state index is 14.2. The smallest absolute Gasteiger partial charge is 0.310 e. The zero-order valence-electron chi connectivity index (χ0n) is 20.3. The minimum absolute atomic E-state index is 0.134. The number of ether oxygens (including phenoxy) is 1. The Kier molecular flexibility index (Phi) is 6.05. The van der Waals surface area contributed by atoms with E-state index >= 15 is 0 Å². The second-order valence-electron chi connectivity index (χ2n) is 11.2. The van der Waals surface area contributed by atoms with Gasteiger partial charge in [-0.3, -0.25) is 14.4 Å². The Morgan fingerprint density at radius 2 is 1.97 bits per heavy atom. The fourth-order valence-electron chi connectivity index (χ4n) is 6.28. The summed E-state index contributed by atoms with van der Waals surface area (Å²) in [6, 6.07) is -1.63. The molecule has 0 aromatic heterocycles. The summed E-state index contributed by atoms with van der Waals surface area (Å²) >= 11 is 0. The Morgan fingerprint density at radius 1 is 1.38 bits per heavy atom. The van der Waals surface area contributed by atoms with Crippen molar-refractivity contribution in [2.75, 3.05) is 13.2 Å². The third-order valence-electron chi connectivity index (χ3n) is 7.95. The molecule has 0 aromatic carbocycles. The average Bonchev–Trinajstić information content (AvgIpc) is 3.16. The van der Waals surface area contributed by atoms with Crippen LogP contribution in [0.4, 0.5) is 0 Å². The molecule has 0 aromatic rings. The number of likely N-dealkylation sites (tertiary alicyclic amines) is 1. The molecule has 3 heterocycles. The lowest BCUT2D eigenvalue weighted by molar-refractivity contribution is -0.162. The first-order chi connectivity index (χ1) is 14.7. The van der Waals surface area contributed by atoms with E-state index in [9.17, 15) is 24.6 Å². The maximum Gasteiger partial charge on any atom is 0.310 e. The largest absolute Gasteiger partial charge is 0.481 e. The third-order valence-corrected chi connectivity index (χ3v) is 7.95. The molecule has 3 rings (SSSR count). The molecule has 2 amide bonds. The molecule has 7 atom stereocenters. The number of fused-ring (bicyclic) bond motifs is 1. The highest BCUT2D eigenvalue weighted by atomic mass is 16.5. The minimum Gasteiger partial charge on any atom is -0.481 e. The highest BCUT2D eigenvalue weighted by Crippen LogP contribution is 2.65. The first kappa shape index (κ1) is 24.7. The van der Waals surface area contributed by atoms with Gasteiger partial charge in [0.1, 0.15) is 17.6 Å². The molecule has 2 bridgehead atoms. The molecule has 0 saturated carbocycles. The second-order valence-corrected chi connectivity index (χ2v) is 11.2. The Labute approximate surface area is 190 Å². The van der Waals surface area contributed by atoms with Crippen LogP contribution in [0.25, 0.3) is 0 Å². The maximum atomic E-state index is 14.2. The summed E-state index contributed by atoms with van der Waals surface area (Å²) in [6.45, 7) is 16.9. The van der Waals surface area contributed by atoms with Crippen molar-refractivity contribution in [3.8, 4) is 0 Å². The first-order valence-electron chi connectivity index (χ1n) is 11.5. The number of amides is 2. The molecule has 180 valence electrons. The number of carbonyl (C=O) groups is 3. The molecule has 8 nitrogen and oxygen atoms in total. The summed E-state index contributed by atoms with van der Waals surface area (Å²) in [4.78, 5) is 43.5. The van der Waals surface area contributed by atoms with E-state index in [4.69, 9.17) is 4.74 Å². The molecule has 1 spiro atoms. The number of hydrogen-bond acceptors (Lipinski definition) is 5. The molecule has 0 radical (unpaired) electrons. The van der Waals surface area contributed by atoms with Gasteiger partial charge in [-0.2, -0.15) is 0 Å². The van der Waals surface area contributed by atoms with Crippen molar-refractivity contribution in [3.05, 3.63) is 12.7 Å². The zero-order valence-corrected chi connectivity index (χ0v) is 20.3. The van der Waals surface area contributed by atoms with E-state index in [0.29, 0.717) is 6.42 Å². The number of aliphatic hydroxyl groups is 1. The van der Waals surface area contributed by atoms with Gasteiger partial charge in [-0.1, -0.05) is 26.8 Å². The van der Waals surface area contributed by atoms with Gasteiger partial charge in [0, 0.05) is 12.1 Å². The predicted molar refractivity (Wildman–Crippen MR) is 119 cm³/mol. The molecule has 8 heteroatoms. The molecule has 3 aliphatic rings. The van der Waals surface area contributed by atoms with Crippen LogP contribution < -0.4 is 0 Å². The van der Waals surface area contributed by atoms with Crippen LogP contribution in [-0.4, -0.2) is 79.8 Å². The van der Waals surface area contributed by atoms with Gasteiger partial charge in [0.2, 0.25) is 11.8 Å². The van der Waals surface area contributed by atoms with Crippen molar-refractivity contribution in [1.29, 1.82) is 0 Å². The number of aliphatic hydroxyl groups excluding tert-OH is 1. The number of nitrogens with zero attached hydrogens (tertiary/aromatic N) is 2. The molecule has 3 fully saturated rings. The predicted octanol–water partition coefficient (Wildman–Crippen LogP) is 1.91. The quantitative estimate of drug-likeness (QED) is 0.574. The van der Waals surface area contributed by atoms with Crippen LogP contribution in [0.15, 0.2) is 12.7 Å². The second kappa shape index (κ2) is 7.83. The third kappa shape index (κ3) is 3.21. The summed E-state index contributed by atoms with van der Waals surface area (Å²) in [5.74, 6) is -4.08. The fourth-order valence-corrected chi connectivity index (χ4v) is 6.28. The van der Waals surface area contributed by atoms with E-state index in [0.717, 1.165) is 0 Å². The monoisotopic (exact) mass is 450 g/mol. The lowest BCUT2D eigenvalue weighted by Crippen LogP contribution is -2.62. The van der Waals surface area contributed by atoms with E-state index in [1.807, 2.05) is 41.5 Å². The van der Waals surface area contributed by atoms with Gasteiger partial charge < -0.3 is 24.7 Å². The summed E-state index contributed by atoms with van der Waals surface area (Å²) in [5, 5.41) is 20.3. The Balaban J connectivity index is 2.23. The highest BCUT2D eigenvalue weighted by molar-refractivity contribution is 5.98. The fraction of sp³-hybridized carbons (Fsp3) is 0.792. The molecule has 32 heavy (non-hydrogen) atoms. The summed E-state index contributed by atoms with van der Waals surface area (Å²) in [5.41, 5.74) is -2.83. The molecule has 2 N–H and O–H groups in total. The number of aliphatic carboxylic acids is 1. The van der Waals surface area contributed by atoms with Crippen LogP contribution in [-0.2, 0) is 19.1 Å². The van der Waals surface area contributed by atoms with E-state index in [1.165, 1.54) is 4.90 Å². The van der Waals surface area contributed by atoms with Gasteiger partial charge in [0.05, 0.1) is 24.2 Å².